The van der Waals surface area contributed by atoms with Crippen LogP contribution in [0.4, 0.5) is 5.69 Å². The molecule has 2 aromatic rings. The van der Waals surface area contributed by atoms with Crippen LogP contribution in [0.1, 0.15) is 12.5 Å². The molecule has 0 atom stereocenters. The maximum absolute atomic E-state index is 11.8. The van der Waals surface area contributed by atoms with Crippen molar-refractivity contribution in [2.45, 2.75) is 20.1 Å². The number of non-ortho nitro benzene ring substituents is 1. The Hall–Kier alpha value is -2.54. The number of hydrogen-bond donors (Lipinski definition) is 1. The average molecular weight is 275 g/mol. The number of aromatic nitrogens is 2. The first-order chi connectivity index (χ1) is 9.56. The topological polar surface area (TPSA) is 98.3 Å². The largest absolute Gasteiger partial charge is 0.391 e. The van der Waals surface area contributed by atoms with Crippen LogP contribution in [0.25, 0.3) is 11.3 Å². The molecule has 0 bridgehead atoms. The van der Waals surface area contributed by atoms with Crippen molar-refractivity contribution in [1.82, 2.24) is 9.78 Å². The fourth-order valence-corrected chi connectivity index (χ4v) is 1.82. The Morgan fingerprint density at radius 2 is 2.00 bits per heavy atom. The lowest BCUT2D eigenvalue weighted by molar-refractivity contribution is -0.384. The first-order valence-electron chi connectivity index (χ1n) is 6.03. The Balaban J connectivity index is 2.52. The summed E-state index contributed by atoms with van der Waals surface area (Å²) < 4.78 is 1.25. The summed E-state index contributed by atoms with van der Waals surface area (Å²) in [5.74, 6) is 0. The van der Waals surface area contributed by atoms with E-state index in [1.165, 1.54) is 22.9 Å². The third kappa shape index (κ3) is 2.57. The lowest BCUT2D eigenvalue weighted by Crippen LogP contribution is -2.26. The zero-order valence-corrected chi connectivity index (χ0v) is 10.8. The molecule has 0 amide bonds. The van der Waals surface area contributed by atoms with Gasteiger partial charge in [0.15, 0.2) is 0 Å². The third-order valence-corrected chi connectivity index (χ3v) is 2.89. The van der Waals surface area contributed by atoms with E-state index in [0.717, 1.165) is 0 Å². The van der Waals surface area contributed by atoms with Crippen LogP contribution < -0.4 is 5.56 Å². The van der Waals surface area contributed by atoms with Gasteiger partial charge in [0.2, 0.25) is 0 Å². The van der Waals surface area contributed by atoms with E-state index in [2.05, 4.69) is 5.10 Å². The molecule has 7 heteroatoms. The number of aliphatic hydroxyl groups excluding tert-OH is 1. The Morgan fingerprint density at radius 1 is 1.35 bits per heavy atom. The maximum Gasteiger partial charge on any atom is 0.272 e. The fourth-order valence-electron chi connectivity index (χ4n) is 1.82. The highest BCUT2D eigenvalue weighted by molar-refractivity contribution is 5.60. The van der Waals surface area contributed by atoms with Gasteiger partial charge in [0.05, 0.1) is 17.2 Å². The molecule has 104 valence electrons. The molecule has 0 aliphatic heterocycles. The average Bonchev–Trinajstić information content (AvgIpc) is 2.47. The van der Waals surface area contributed by atoms with Gasteiger partial charge >= 0.3 is 0 Å². The molecule has 1 aromatic carbocycles. The molecule has 0 saturated heterocycles. The summed E-state index contributed by atoms with van der Waals surface area (Å²) in [7, 11) is 0. The third-order valence-electron chi connectivity index (χ3n) is 2.89. The second-order valence-electron chi connectivity index (χ2n) is 4.14. The molecule has 0 fully saturated rings. The number of rotatable bonds is 4. The van der Waals surface area contributed by atoms with E-state index in [0.29, 0.717) is 17.8 Å². The molecule has 2 rings (SSSR count). The van der Waals surface area contributed by atoms with Crippen LogP contribution in [0.5, 0.6) is 0 Å². The van der Waals surface area contributed by atoms with Gasteiger partial charge in [0, 0.05) is 29.8 Å². The zero-order chi connectivity index (χ0) is 14.7. The molecule has 7 nitrogen and oxygen atoms in total. The fraction of sp³-hybridized carbons (Fsp3) is 0.231. The van der Waals surface area contributed by atoms with Crippen LogP contribution in [-0.4, -0.2) is 19.8 Å². The predicted octanol–water partition coefficient (Wildman–Crippen LogP) is 1.33. The highest BCUT2D eigenvalue weighted by Crippen LogP contribution is 2.20. The van der Waals surface area contributed by atoms with Crippen LogP contribution in [0.2, 0.25) is 0 Å². The minimum atomic E-state index is -0.483. The monoisotopic (exact) mass is 275 g/mol. The van der Waals surface area contributed by atoms with Gasteiger partial charge in [-0.05, 0) is 25.1 Å². The molecule has 0 spiro atoms. The van der Waals surface area contributed by atoms with Gasteiger partial charge in [0.25, 0.3) is 11.2 Å². The van der Waals surface area contributed by atoms with Crippen LogP contribution >= 0.6 is 0 Å². The molecule has 20 heavy (non-hydrogen) atoms. The second kappa shape index (κ2) is 5.62. The molecule has 0 unspecified atom stereocenters. The number of aryl methyl sites for hydroxylation is 1. The number of aliphatic hydroxyl groups is 1. The van der Waals surface area contributed by atoms with Gasteiger partial charge in [-0.2, -0.15) is 5.10 Å². The Kier molecular flexibility index (Phi) is 3.90. The van der Waals surface area contributed by atoms with E-state index in [9.17, 15) is 20.0 Å². The number of hydrogen-bond acceptors (Lipinski definition) is 5. The molecule has 0 aliphatic carbocycles. The van der Waals surface area contributed by atoms with Crippen molar-refractivity contribution in [3.05, 3.63) is 56.4 Å². The first-order valence-corrected chi connectivity index (χ1v) is 6.03. The number of nitro benzene ring substituents is 1. The van der Waals surface area contributed by atoms with E-state index in [-0.39, 0.29) is 23.4 Å². The Labute approximate surface area is 114 Å². The van der Waals surface area contributed by atoms with Crippen LogP contribution in [-0.2, 0) is 13.2 Å². The van der Waals surface area contributed by atoms with Gasteiger partial charge in [0.1, 0.15) is 0 Å². The molecule has 0 aliphatic rings. The van der Waals surface area contributed by atoms with E-state index >= 15 is 0 Å². The molecular weight excluding hydrogens is 262 g/mol. The Bertz CT molecular complexity index is 664. The van der Waals surface area contributed by atoms with Crippen molar-refractivity contribution in [3.8, 4) is 11.3 Å². The quantitative estimate of drug-likeness (QED) is 0.670. The van der Waals surface area contributed by atoms with Crippen molar-refractivity contribution in [1.29, 1.82) is 0 Å². The van der Waals surface area contributed by atoms with Crippen molar-refractivity contribution >= 4 is 5.69 Å². The summed E-state index contributed by atoms with van der Waals surface area (Å²) in [5.41, 5.74) is 1.04. The highest BCUT2D eigenvalue weighted by Gasteiger charge is 2.10. The van der Waals surface area contributed by atoms with E-state index in [1.807, 2.05) is 0 Å². The second-order valence-corrected chi connectivity index (χ2v) is 4.14. The van der Waals surface area contributed by atoms with Gasteiger partial charge < -0.3 is 5.11 Å². The van der Waals surface area contributed by atoms with Gasteiger partial charge in [-0.3, -0.25) is 14.9 Å². The first kappa shape index (κ1) is 13.9. The van der Waals surface area contributed by atoms with E-state index in [1.54, 1.807) is 19.1 Å². The molecule has 1 N–H and O–H groups in total. The summed E-state index contributed by atoms with van der Waals surface area (Å²) in [4.78, 5) is 21.9. The standard InChI is InChI=1S/C13H13N3O4/c1-2-15-13(18)10(8-17)7-12(14-15)9-3-5-11(6-4-9)16(19)20/h3-7,17H,2,8H2,1H3. The lowest BCUT2D eigenvalue weighted by atomic mass is 10.1. The normalized spacial score (nSPS) is 10.5. The van der Waals surface area contributed by atoms with Crippen LogP contribution in [0.15, 0.2) is 35.1 Å². The minimum absolute atomic E-state index is 0.0139. The van der Waals surface area contributed by atoms with Crippen LogP contribution in [0, 0.1) is 10.1 Å². The molecular formula is C13H13N3O4. The number of nitro groups is 1. The summed E-state index contributed by atoms with van der Waals surface area (Å²) >= 11 is 0. The smallest absolute Gasteiger partial charge is 0.272 e. The van der Waals surface area contributed by atoms with Gasteiger partial charge in [-0.15, -0.1) is 0 Å². The summed E-state index contributed by atoms with van der Waals surface area (Å²) in [5, 5.41) is 24.0. The van der Waals surface area contributed by atoms with Gasteiger partial charge in [-0.1, -0.05) is 0 Å². The highest BCUT2D eigenvalue weighted by atomic mass is 16.6. The van der Waals surface area contributed by atoms with Gasteiger partial charge in [-0.25, -0.2) is 4.68 Å². The summed E-state index contributed by atoms with van der Waals surface area (Å²) in [6.07, 6.45) is 0. The Morgan fingerprint density at radius 3 is 2.50 bits per heavy atom. The van der Waals surface area contributed by atoms with Crippen LogP contribution in [0.3, 0.4) is 0 Å². The summed E-state index contributed by atoms with van der Waals surface area (Å²) in [6.45, 7) is 1.78. The van der Waals surface area contributed by atoms with Crippen molar-refractivity contribution in [2.75, 3.05) is 0 Å². The molecule has 1 heterocycles. The van der Waals surface area contributed by atoms with E-state index in [4.69, 9.17) is 0 Å². The number of nitrogens with zero attached hydrogens (tertiary/aromatic N) is 3. The molecule has 1 aromatic heterocycles. The van der Waals surface area contributed by atoms with E-state index < -0.39 is 4.92 Å². The van der Waals surface area contributed by atoms with Crippen molar-refractivity contribution in [2.24, 2.45) is 0 Å². The SMILES string of the molecule is CCn1nc(-c2ccc([N+](=O)[O-])cc2)cc(CO)c1=O. The maximum atomic E-state index is 11.8. The number of benzene rings is 1. The summed E-state index contributed by atoms with van der Waals surface area (Å²) in [6, 6.07) is 7.36. The van der Waals surface area contributed by atoms with Crippen molar-refractivity contribution < 1.29 is 10.0 Å². The van der Waals surface area contributed by atoms with Crippen molar-refractivity contribution in [3.63, 3.8) is 0 Å². The molecule has 0 saturated carbocycles. The molecule has 0 radical (unpaired) electrons. The lowest BCUT2D eigenvalue weighted by Gasteiger charge is -2.07. The zero-order valence-electron chi connectivity index (χ0n) is 10.8. The minimum Gasteiger partial charge on any atom is -0.391 e. The predicted molar refractivity (Wildman–Crippen MR) is 72.2 cm³/mol.